The van der Waals surface area contributed by atoms with Crippen LogP contribution in [-0.4, -0.2) is 19.5 Å². The average Bonchev–Trinajstić information content (AvgIpc) is 2.16. The van der Waals surface area contributed by atoms with Crippen LogP contribution < -0.4 is 10.6 Å². The molecule has 0 fully saturated rings. The number of anilines is 1. The number of hydrogen-bond acceptors (Lipinski definition) is 3. The topological polar surface area (TPSA) is 70.1 Å². The highest BCUT2D eigenvalue weighted by Crippen LogP contribution is 2.17. The van der Waals surface area contributed by atoms with E-state index in [0.29, 0.717) is 11.3 Å². The maximum Gasteiger partial charge on any atom is 0.236 e. The molecule has 0 atom stereocenters. The first-order valence-corrected chi connectivity index (χ1v) is 4.13. The van der Waals surface area contributed by atoms with Crippen molar-refractivity contribution in [3.05, 3.63) is 29.8 Å². The van der Waals surface area contributed by atoms with Crippen molar-refractivity contribution in [1.29, 1.82) is 5.26 Å². The Morgan fingerprint density at radius 1 is 1.57 bits per heavy atom. The predicted octanol–water partition coefficient (Wildman–Crippen LogP) is 0.480. The zero-order valence-corrected chi connectivity index (χ0v) is 7.90. The Balaban J connectivity index is 2.95. The molecule has 0 aliphatic heterocycles. The van der Waals surface area contributed by atoms with Crippen molar-refractivity contribution >= 4 is 11.6 Å². The molecule has 72 valence electrons. The molecule has 4 nitrogen and oxygen atoms in total. The van der Waals surface area contributed by atoms with Gasteiger partial charge in [-0.2, -0.15) is 5.26 Å². The second-order valence-corrected chi connectivity index (χ2v) is 2.95. The van der Waals surface area contributed by atoms with Crippen LogP contribution in [0.25, 0.3) is 0 Å². The minimum Gasteiger partial charge on any atom is -0.368 e. The summed E-state index contributed by atoms with van der Waals surface area (Å²) in [5.74, 6) is -0.416. The van der Waals surface area contributed by atoms with Crippen LogP contribution >= 0.6 is 0 Å². The molecule has 0 saturated carbocycles. The van der Waals surface area contributed by atoms with Crippen LogP contribution in [-0.2, 0) is 4.79 Å². The molecule has 0 heterocycles. The average molecular weight is 189 g/mol. The largest absolute Gasteiger partial charge is 0.368 e. The quantitative estimate of drug-likeness (QED) is 0.751. The van der Waals surface area contributed by atoms with E-state index < -0.39 is 5.91 Å². The second-order valence-electron chi connectivity index (χ2n) is 2.95. The molecule has 1 aromatic carbocycles. The Labute approximate surface area is 82.5 Å². The lowest BCUT2D eigenvalue weighted by atomic mass is 10.2. The van der Waals surface area contributed by atoms with Crippen molar-refractivity contribution in [2.24, 2.45) is 5.73 Å². The second kappa shape index (κ2) is 4.28. The van der Waals surface area contributed by atoms with Crippen LogP contribution in [0.5, 0.6) is 0 Å². The standard InChI is InChI=1S/C10H11N3O/c1-13(7-10(12)14)9-5-3-2-4-8(9)6-11/h2-5H,7H2,1H3,(H2,12,14). The third kappa shape index (κ3) is 2.23. The Kier molecular flexibility index (Phi) is 3.08. The molecular weight excluding hydrogens is 178 g/mol. The monoisotopic (exact) mass is 189 g/mol. The third-order valence-corrected chi connectivity index (χ3v) is 1.83. The highest BCUT2D eigenvalue weighted by Gasteiger charge is 2.07. The van der Waals surface area contributed by atoms with E-state index in [1.165, 1.54) is 0 Å². The summed E-state index contributed by atoms with van der Waals surface area (Å²) in [4.78, 5) is 12.3. The molecule has 14 heavy (non-hydrogen) atoms. The van der Waals surface area contributed by atoms with E-state index in [4.69, 9.17) is 11.0 Å². The van der Waals surface area contributed by atoms with Gasteiger partial charge in [-0.25, -0.2) is 0 Å². The van der Waals surface area contributed by atoms with Gasteiger partial charge in [0.05, 0.1) is 17.8 Å². The summed E-state index contributed by atoms with van der Waals surface area (Å²) in [6.45, 7) is 0.110. The van der Waals surface area contributed by atoms with Crippen LogP contribution in [0.4, 0.5) is 5.69 Å². The molecule has 0 saturated heterocycles. The van der Waals surface area contributed by atoms with Crippen molar-refractivity contribution < 1.29 is 4.79 Å². The van der Waals surface area contributed by atoms with Gasteiger partial charge in [0.1, 0.15) is 6.07 Å². The number of benzene rings is 1. The lowest BCUT2D eigenvalue weighted by Crippen LogP contribution is -2.30. The summed E-state index contributed by atoms with van der Waals surface area (Å²) in [7, 11) is 1.72. The zero-order valence-electron chi connectivity index (χ0n) is 7.90. The number of amides is 1. The minimum absolute atomic E-state index is 0.110. The molecule has 1 aromatic rings. The molecule has 0 bridgehead atoms. The fourth-order valence-electron chi connectivity index (χ4n) is 1.22. The van der Waals surface area contributed by atoms with Crippen molar-refractivity contribution in [3.63, 3.8) is 0 Å². The van der Waals surface area contributed by atoms with Gasteiger partial charge in [-0.1, -0.05) is 12.1 Å². The molecule has 4 heteroatoms. The summed E-state index contributed by atoms with van der Waals surface area (Å²) in [5, 5.41) is 8.81. The number of carbonyl (C=O) groups is 1. The maximum absolute atomic E-state index is 10.7. The highest BCUT2D eigenvalue weighted by molar-refractivity contribution is 5.80. The van der Waals surface area contributed by atoms with E-state index in [-0.39, 0.29) is 6.54 Å². The number of rotatable bonds is 3. The third-order valence-electron chi connectivity index (χ3n) is 1.83. The highest BCUT2D eigenvalue weighted by atomic mass is 16.1. The van der Waals surface area contributed by atoms with Gasteiger partial charge in [-0.3, -0.25) is 4.79 Å². The molecule has 0 radical (unpaired) electrons. The number of primary amides is 1. The van der Waals surface area contributed by atoms with E-state index in [0.717, 1.165) is 0 Å². The van der Waals surface area contributed by atoms with Gasteiger partial charge >= 0.3 is 0 Å². The molecule has 0 aliphatic carbocycles. The van der Waals surface area contributed by atoms with Crippen LogP contribution in [0, 0.1) is 11.3 Å². The van der Waals surface area contributed by atoms with Crippen LogP contribution in [0.1, 0.15) is 5.56 Å². The molecule has 0 aliphatic rings. The van der Waals surface area contributed by atoms with Crippen molar-refractivity contribution in [1.82, 2.24) is 0 Å². The molecule has 0 spiro atoms. The first-order valence-electron chi connectivity index (χ1n) is 4.13. The summed E-state index contributed by atoms with van der Waals surface area (Å²) in [6, 6.07) is 9.13. The van der Waals surface area contributed by atoms with Gasteiger partial charge in [0.15, 0.2) is 0 Å². The van der Waals surface area contributed by atoms with E-state index in [1.807, 2.05) is 6.07 Å². The van der Waals surface area contributed by atoms with Crippen LogP contribution in [0.2, 0.25) is 0 Å². The van der Waals surface area contributed by atoms with Gasteiger partial charge in [0.2, 0.25) is 5.91 Å². The van der Waals surface area contributed by atoms with E-state index in [2.05, 4.69) is 6.07 Å². The summed E-state index contributed by atoms with van der Waals surface area (Å²) in [5.41, 5.74) is 6.31. The van der Waals surface area contributed by atoms with Crippen molar-refractivity contribution in [2.75, 3.05) is 18.5 Å². The Hall–Kier alpha value is -2.02. The summed E-state index contributed by atoms with van der Waals surface area (Å²) < 4.78 is 0. The fourth-order valence-corrected chi connectivity index (χ4v) is 1.22. The molecular formula is C10H11N3O. The normalized spacial score (nSPS) is 9.14. The number of carbonyl (C=O) groups excluding carboxylic acids is 1. The van der Waals surface area contributed by atoms with Crippen molar-refractivity contribution in [2.45, 2.75) is 0 Å². The maximum atomic E-state index is 10.7. The number of nitrogens with two attached hydrogens (primary N) is 1. The molecule has 2 N–H and O–H groups in total. The zero-order chi connectivity index (χ0) is 10.6. The lowest BCUT2D eigenvalue weighted by molar-refractivity contribution is -0.116. The number of hydrogen-bond donors (Lipinski definition) is 1. The van der Waals surface area contributed by atoms with Gasteiger partial charge in [0.25, 0.3) is 0 Å². The fraction of sp³-hybridized carbons (Fsp3) is 0.200. The smallest absolute Gasteiger partial charge is 0.236 e. The van der Waals surface area contributed by atoms with Crippen LogP contribution in [0.15, 0.2) is 24.3 Å². The number of para-hydroxylation sites is 1. The molecule has 0 aromatic heterocycles. The number of likely N-dealkylation sites (N-methyl/N-ethyl adjacent to an activating group) is 1. The summed E-state index contributed by atoms with van der Waals surface area (Å²) in [6.07, 6.45) is 0. The Bertz CT molecular complexity index is 381. The SMILES string of the molecule is CN(CC(N)=O)c1ccccc1C#N. The Morgan fingerprint density at radius 3 is 2.79 bits per heavy atom. The van der Waals surface area contributed by atoms with E-state index >= 15 is 0 Å². The number of nitriles is 1. The first kappa shape index (κ1) is 10.1. The van der Waals surface area contributed by atoms with E-state index in [1.54, 1.807) is 30.1 Å². The number of nitrogens with zero attached hydrogens (tertiary/aromatic N) is 2. The molecule has 1 rings (SSSR count). The van der Waals surface area contributed by atoms with Gasteiger partial charge in [0, 0.05) is 7.05 Å². The lowest BCUT2D eigenvalue weighted by Gasteiger charge is -2.18. The Morgan fingerprint density at radius 2 is 2.21 bits per heavy atom. The van der Waals surface area contributed by atoms with E-state index in [9.17, 15) is 4.79 Å². The van der Waals surface area contributed by atoms with Crippen molar-refractivity contribution in [3.8, 4) is 6.07 Å². The molecule has 1 amide bonds. The van der Waals surface area contributed by atoms with Gasteiger partial charge in [-0.15, -0.1) is 0 Å². The van der Waals surface area contributed by atoms with Gasteiger partial charge in [-0.05, 0) is 12.1 Å². The predicted molar refractivity (Wildman–Crippen MR) is 53.6 cm³/mol. The van der Waals surface area contributed by atoms with Gasteiger partial charge < -0.3 is 10.6 Å². The first-order chi connectivity index (χ1) is 6.65. The summed E-state index contributed by atoms with van der Waals surface area (Å²) >= 11 is 0. The minimum atomic E-state index is -0.416. The molecule has 0 unspecified atom stereocenters. The van der Waals surface area contributed by atoms with Crippen LogP contribution in [0.3, 0.4) is 0 Å².